The Morgan fingerprint density at radius 3 is 2.46 bits per heavy atom. The van der Waals surface area contributed by atoms with Gasteiger partial charge < -0.3 is 39.4 Å². The van der Waals surface area contributed by atoms with Crippen LogP contribution in [0.4, 0.5) is 4.79 Å². The molecule has 0 spiro atoms. The second kappa shape index (κ2) is 16.3. The van der Waals surface area contributed by atoms with Crippen molar-refractivity contribution < 1.29 is 38.4 Å². The van der Waals surface area contributed by atoms with Gasteiger partial charge in [-0.1, -0.05) is 34.1 Å². The number of allylic oxidation sites excluding steroid dienone is 1. The Morgan fingerprint density at radius 1 is 1.02 bits per heavy atom. The SMILES string of the molecule is CCOc1cc([C@H]2NC(=O)NC(C)=C2C(=O)OC)ccc1OC[C@H](O)N/N=C\c1cc(OC)c(OCc2ccc(Br)cc2)cc1Br. The van der Waals surface area contributed by atoms with Gasteiger partial charge in [0.15, 0.2) is 29.2 Å². The van der Waals surface area contributed by atoms with Crippen LogP contribution in [0.1, 0.15) is 36.6 Å². The number of nitrogens with one attached hydrogen (secondary N) is 3. The number of hydrazone groups is 1. The van der Waals surface area contributed by atoms with Gasteiger partial charge in [-0.25, -0.2) is 9.59 Å². The molecule has 0 aromatic heterocycles. The smallest absolute Gasteiger partial charge is 0.337 e. The molecule has 46 heavy (non-hydrogen) atoms. The number of nitrogens with zero attached hydrogens (tertiary/aromatic N) is 1. The van der Waals surface area contributed by atoms with Crippen LogP contribution < -0.4 is 35.0 Å². The largest absolute Gasteiger partial charge is 0.493 e. The van der Waals surface area contributed by atoms with Crippen LogP contribution in [-0.2, 0) is 16.1 Å². The molecule has 0 fully saturated rings. The molecule has 0 saturated carbocycles. The van der Waals surface area contributed by atoms with Crippen LogP contribution in [0, 0.1) is 0 Å². The second-order valence-corrected chi connectivity index (χ2v) is 11.6. The maximum Gasteiger partial charge on any atom is 0.337 e. The van der Waals surface area contributed by atoms with Gasteiger partial charge in [0.2, 0.25) is 0 Å². The van der Waals surface area contributed by atoms with Crippen molar-refractivity contribution in [3.63, 3.8) is 0 Å². The number of carbonyl (C=O) groups excluding carboxylic acids is 2. The third-order valence-electron chi connectivity index (χ3n) is 6.69. The zero-order chi connectivity index (χ0) is 33.2. The van der Waals surface area contributed by atoms with E-state index in [0.29, 0.717) is 57.5 Å². The van der Waals surface area contributed by atoms with Crippen LogP contribution in [0.5, 0.6) is 23.0 Å². The highest BCUT2D eigenvalue weighted by molar-refractivity contribution is 9.10. The van der Waals surface area contributed by atoms with Crippen LogP contribution in [0.2, 0.25) is 0 Å². The van der Waals surface area contributed by atoms with Gasteiger partial charge in [0.1, 0.15) is 13.2 Å². The summed E-state index contributed by atoms with van der Waals surface area (Å²) in [6, 6.07) is 15.2. The number of aliphatic hydroxyl groups is 1. The number of ether oxygens (including phenoxy) is 5. The van der Waals surface area contributed by atoms with E-state index in [4.69, 9.17) is 23.7 Å². The molecule has 0 radical (unpaired) electrons. The standard InChI is InChI=1S/C32H34Br2N4O8/c1-5-44-26-12-20(30-29(31(40)43-4)18(2)36-32(41)37-30)8-11-24(26)46-17-28(39)38-35-15-21-13-25(42-3)27(14-23(21)34)45-16-19-6-9-22(33)10-7-19/h6-15,28,30,38-39H,5,16-17H2,1-4H3,(H2,36,37,41)/b35-15-/t28-,30+/m0/s1. The fraction of sp³-hybridized carbons (Fsp3) is 0.281. The third-order valence-corrected chi connectivity index (χ3v) is 7.91. The monoisotopic (exact) mass is 760 g/mol. The number of hydrogen-bond acceptors (Lipinski definition) is 10. The van der Waals surface area contributed by atoms with Crippen LogP contribution in [0.15, 0.2) is 79.9 Å². The molecule has 4 N–H and O–H groups in total. The van der Waals surface area contributed by atoms with Gasteiger partial charge in [-0.3, -0.25) is 5.43 Å². The predicted octanol–water partition coefficient (Wildman–Crippen LogP) is 5.32. The van der Waals surface area contributed by atoms with Crippen molar-refractivity contribution in [1.29, 1.82) is 0 Å². The quantitative estimate of drug-likeness (QED) is 0.0742. The number of carbonyl (C=O) groups is 2. The van der Waals surface area contributed by atoms with Crippen molar-refractivity contribution in [3.8, 4) is 23.0 Å². The summed E-state index contributed by atoms with van der Waals surface area (Å²) in [5.41, 5.74) is 5.56. The third kappa shape index (κ3) is 8.92. The van der Waals surface area contributed by atoms with Crippen LogP contribution in [-0.4, -0.2) is 57.0 Å². The number of halogens is 2. The first-order chi connectivity index (χ1) is 22.1. The van der Waals surface area contributed by atoms with Crippen molar-refractivity contribution in [2.24, 2.45) is 5.10 Å². The van der Waals surface area contributed by atoms with E-state index in [2.05, 4.69) is 53.0 Å². The first-order valence-corrected chi connectivity index (χ1v) is 15.7. The van der Waals surface area contributed by atoms with E-state index >= 15 is 0 Å². The zero-order valence-electron chi connectivity index (χ0n) is 25.6. The predicted molar refractivity (Wildman–Crippen MR) is 178 cm³/mol. The summed E-state index contributed by atoms with van der Waals surface area (Å²) in [5, 5.41) is 20.0. The number of amides is 2. The van der Waals surface area contributed by atoms with E-state index in [-0.39, 0.29) is 12.2 Å². The average Bonchev–Trinajstić information content (AvgIpc) is 3.04. The Hall–Kier alpha value is -4.27. The summed E-state index contributed by atoms with van der Waals surface area (Å²) < 4.78 is 29.7. The summed E-state index contributed by atoms with van der Waals surface area (Å²) in [7, 11) is 2.83. The number of aliphatic hydroxyl groups excluding tert-OH is 1. The van der Waals surface area contributed by atoms with Gasteiger partial charge >= 0.3 is 12.0 Å². The summed E-state index contributed by atoms with van der Waals surface area (Å²) in [6.45, 7) is 3.97. The van der Waals surface area contributed by atoms with Gasteiger partial charge in [0, 0.05) is 20.2 Å². The summed E-state index contributed by atoms with van der Waals surface area (Å²) in [4.78, 5) is 24.6. The number of urea groups is 1. The molecule has 1 heterocycles. The average molecular weight is 762 g/mol. The molecule has 2 amide bonds. The number of rotatable bonds is 14. The van der Waals surface area contributed by atoms with Gasteiger partial charge in [0.25, 0.3) is 0 Å². The number of hydrogen-bond donors (Lipinski definition) is 4. The Bertz CT molecular complexity index is 1610. The molecular formula is C32H34Br2N4O8. The van der Waals surface area contributed by atoms with E-state index in [1.165, 1.54) is 13.3 Å². The minimum absolute atomic E-state index is 0.166. The highest BCUT2D eigenvalue weighted by Crippen LogP contribution is 2.35. The van der Waals surface area contributed by atoms with Gasteiger partial charge in [-0.15, -0.1) is 0 Å². The summed E-state index contributed by atoms with van der Waals surface area (Å²) in [5.74, 6) is 1.22. The van der Waals surface area contributed by atoms with Crippen LogP contribution in [0.3, 0.4) is 0 Å². The van der Waals surface area contributed by atoms with Crippen molar-refractivity contribution in [1.82, 2.24) is 16.1 Å². The number of esters is 1. The zero-order valence-corrected chi connectivity index (χ0v) is 28.7. The Labute approximate surface area is 283 Å². The molecule has 1 aliphatic heterocycles. The number of benzene rings is 3. The highest BCUT2D eigenvalue weighted by atomic mass is 79.9. The molecule has 0 bridgehead atoms. The molecule has 244 valence electrons. The lowest BCUT2D eigenvalue weighted by Gasteiger charge is -2.28. The molecule has 0 unspecified atom stereocenters. The van der Waals surface area contributed by atoms with Crippen molar-refractivity contribution >= 4 is 50.1 Å². The fourth-order valence-electron chi connectivity index (χ4n) is 4.48. The maximum atomic E-state index is 12.5. The van der Waals surface area contributed by atoms with E-state index in [1.54, 1.807) is 44.4 Å². The van der Waals surface area contributed by atoms with E-state index in [9.17, 15) is 14.7 Å². The Morgan fingerprint density at radius 2 is 1.76 bits per heavy atom. The van der Waals surface area contributed by atoms with E-state index in [0.717, 1.165) is 10.0 Å². The molecule has 14 heteroatoms. The molecular weight excluding hydrogens is 728 g/mol. The summed E-state index contributed by atoms with van der Waals surface area (Å²) >= 11 is 6.96. The molecule has 3 aromatic carbocycles. The molecule has 3 aromatic rings. The van der Waals surface area contributed by atoms with Crippen LogP contribution >= 0.6 is 31.9 Å². The molecule has 0 saturated heterocycles. The minimum Gasteiger partial charge on any atom is -0.493 e. The topological polar surface area (TPSA) is 149 Å². The Kier molecular flexibility index (Phi) is 12.3. The number of methoxy groups -OCH3 is 2. The maximum absolute atomic E-state index is 12.5. The van der Waals surface area contributed by atoms with Crippen molar-refractivity contribution in [2.45, 2.75) is 32.7 Å². The lowest BCUT2D eigenvalue weighted by Crippen LogP contribution is -2.45. The first-order valence-electron chi connectivity index (χ1n) is 14.1. The molecule has 12 nitrogen and oxygen atoms in total. The van der Waals surface area contributed by atoms with Crippen molar-refractivity contribution in [2.75, 3.05) is 27.4 Å². The minimum atomic E-state index is -1.17. The Balaban J connectivity index is 1.39. The van der Waals surface area contributed by atoms with Crippen LogP contribution in [0.25, 0.3) is 0 Å². The lowest BCUT2D eigenvalue weighted by molar-refractivity contribution is -0.136. The molecule has 1 aliphatic rings. The first kappa shape index (κ1) is 34.6. The molecule has 4 rings (SSSR count). The second-order valence-electron chi connectivity index (χ2n) is 9.85. The van der Waals surface area contributed by atoms with E-state index in [1.807, 2.05) is 31.2 Å². The van der Waals surface area contributed by atoms with Crippen molar-refractivity contribution in [3.05, 3.63) is 91.5 Å². The van der Waals surface area contributed by atoms with Gasteiger partial charge in [0.05, 0.1) is 38.7 Å². The molecule has 2 atom stereocenters. The lowest BCUT2D eigenvalue weighted by atomic mass is 9.95. The fourth-order valence-corrected chi connectivity index (χ4v) is 5.17. The van der Waals surface area contributed by atoms with Gasteiger partial charge in [-0.05, 0) is 77.3 Å². The van der Waals surface area contributed by atoms with Gasteiger partial charge in [-0.2, -0.15) is 5.10 Å². The molecule has 0 aliphatic carbocycles. The summed E-state index contributed by atoms with van der Waals surface area (Å²) in [6.07, 6.45) is 0.357. The normalized spacial score (nSPS) is 15.1. The highest BCUT2D eigenvalue weighted by Gasteiger charge is 2.32. The van der Waals surface area contributed by atoms with E-state index < -0.39 is 24.3 Å².